The molecule has 3 nitrogen and oxygen atoms in total. The van der Waals surface area contributed by atoms with E-state index in [1.807, 2.05) is 6.92 Å². The van der Waals surface area contributed by atoms with E-state index in [-0.39, 0.29) is 9.37 Å². The highest BCUT2D eigenvalue weighted by Gasteiger charge is 2.17. The van der Waals surface area contributed by atoms with Crippen molar-refractivity contribution in [1.29, 1.82) is 0 Å². The van der Waals surface area contributed by atoms with Crippen molar-refractivity contribution in [3.63, 3.8) is 0 Å². The zero-order valence-electron chi connectivity index (χ0n) is 11.2. The Balaban J connectivity index is 2.42. The van der Waals surface area contributed by atoms with Crippen LogP contribution in [0.25, 0.3) is 0 Å². The zero-order valence-corrected chi connectivity index (χ0v) is 15.2. The van der Waals surface area contributed by atoms with Crippen LogP contribution >= 0.6 is 31.9 Å². The summed E-state index contributed by atoms with van der Waals surface area (Å²) in [6, 6.07) is 7.44. The maximum absolute atomic E-state index is 13.4. The number of sulfonamides is 1. The fourth-order valence-electron chi connectivity index (χ4n) is 1.74. The predicted octanol–water partition coefficient (Wildman–Crippen LogP) is 4.77. The summed E-state index contributed by atoms with van der Waals surface area (Å²) in [4.78, 5) is 0.156. The largest absolute Gasteiger partial charge is 0.279 e. The standard InChI is InChI=1S/C14H12Br2FNO2S/c1-8-5-10(3-4-11(8)15)21(19,20)18-14-7-12(16)13(17)6-9(14)2/h3-7,18H,1-2H3. The monoisotopic (exact) mass is 435 g/mol. The second kappa shape index (κ2) is 6.06. The van der Waals surface area contributed by atoms with E-state index in [2.05, 4.69) is 36.6 Å². The second-order valence-electron chi connectivity index (χ2n) is 4.60. The van der Waals surface area contributed by atoms with Gasteiger partial charge in [0.15, 0.2) is 0 Å². The van der Waals surface area contributed by atoms with Crippen LogP contribution in [0.3, 0.4) is 0 Å². The molecular formula is C14H12Br2FNO2S. The molecule has 21 heavy (non-hydrogen) atoms. The van der Waals surface area contributed by atoms with Gasteiger partial charge in [-0.15, -0.1) is 0 Å². The number of hydrogen-bond acceptors (Lipinski definition) is 2. The van der Waals surface area contributed by atoms with Gasteiger partial charge in [-0.2, -0.15) is 0 Å². The number of anilines is 1. The molecular weight excluding hydrogens is 425 g/mol. The molecule has 0 atom stereocenters. The Morgan fingerprint density at radius 3 is 2.29 bits per heavy atom. The van der Waals surface area contributed by atoms with Crippen LogP contribution in [0, 0.1) is 19.7 Å². The third-order valence-corrected chi connectivity index (χ3v) is 5.81. The molecule has 0 aromatic heterocycles. The van der Waals surface area contributed by atoms with E-state index in [1.54, 1.807) is 19.1 Å². The van der Waals surface area contributed by atoms with Gasteiger partial charge in [0.1, 0.15) is 5.82 Å². The normalized spacial score (nSPS) is 11.5. The summed E-state index contributed by atoms with van der Waals surface area (Å²) < 4.78 is 41.7. The van der Waals surface area contributed by atoms with E-state index < -0.39 is 15.8 Å². The molecule has 0 radical (unpaired) electrons. The van der Waals surface area contributed by atoms with Gasteiger partial charge in [-0.3, -0.25) is 4.72 Å². The van der Waals surface area contributed by atoms with Crippen LogP contribution < -0.4 is 4.72 Å². The van der Waals surface area contributed by atoms with Gasteiger partial charge in [0, 0.05) is 4.47 Å². The van der Waals surface area contributed by atoms with Crippen molar-refractivity contribution in [3.8, 4) is 0 Å². The number of hydrogen-bond donors (Lipinski definition) is 1. The van der Waals surface area contributed by atoms with Crippen LogP contribution in [0.5, 0.6) is 0 Å². The van der Waals surface area contributed by atoms with Crippen molar-refractivity contribution in [2.24, 2.45) is 0 Å². The summed E-state index contributed by atoms with van der Waals surface area (Å²) in [6.45, 7) is 3.45. The summed E-state index contributed by atoms with van der Waals surface area (Å²) >= 11 is 6.38. The SMILES string of the molecule is Cc1cc(S(=O)(=O)Nc2cc(Br)c(F)cc2C)ccc1Br. The van der Waals surface area contributed by atoms with Gasteiger partial charge in [-0.1, -0.05) is 15.9 Å². The molecule has 0 unspecified atom stereocenters. The number of aryl methyl sites for hydroxylation is 2. The fourth-order valence-corrected chi connectivity index (χ4v) is 3.54. The Kier molecular flexibility index (Phi) is 4.75. The number of halogens is 3. The molecule has 7 heteroatoms. The Labute approximate surface area is 139 Å². The molecule has 0 spiro atoms. The Morgan fingerprint density at radius 2 is 1.67 bits per heavy atom. The molecule has 0 saturated heterocycles. The summed E-state index contributed by atoms with van der Waals surface area (Å²) in [7, 11) is -3.72. The highest BCUT2D eigenvalue weighted by atomic mass is 79.9. The number of rotatable bonds is 3. The number of benzene rings is 2. The summed E-state index contributed by atoms with van der Waals surface area (Å²) in [5.74, 6) is -0.435. The first-order chi connectivity index (χ1) is 9.70. The molecule has 2 aromatic rings. The van der Waals surface area contributed by atoms with Gasteiger partial charge in [0.25, 0.3) is 10.0 Å². The molecule has 0 bridgehead atoms. The third-order valence-electron chi connectivity index (χ3n) is 2.95. The minimum atomic E-state index is -3.72. The maximum atomic E-state index is 13.4. The van der Waals surface area contributed by atoms with Crippen molar-refractivity contribution < 1.29 is 12.8 Å². The van der Waals surface area contributed by atoms with E-state index in [0.29, 0.717) is 11.3 Å². The molecule has 0 saturated carbocycles. The lowest BCUT2D eigenvalue weighted by molar-refractivity contribution is 0.600. The molecule has 2 rings (SSSR count). The molecule has 0 fully saturated rings. The first-order valence-corrected chi connectivity index (χ1v) is 9.02. The van der Waals surface area contributed by atoms with Crippen LogP contribution in [0.4, 0.5) is 10.1 Å². The van der Waals surface area contributed by atoms with Crippen molar-refractivity contribution in [1.82, 2.24) is 0 Å². The Bertz CT molecular complexity index is 807. The smallest absolute Gasteiger partial charge is 0.261 e. The Morgan fingerprint density at radius 1 is 1.00 bits per heavy atom. The third kappa shape index (κ3) is 3.64. The number of nitrogens with one attached hydrogen (secondary N) is 1. The molecule has 112 valence electrons. The van der Waals surface area contributed by atoms with Crippen LogP contribution in [0.15, 0.2) is 44.2 Å². The molecule has 2 aromatic carbocycles. The van der Waals surface area contributed by atoms with E-state index in [1.165, 1.54) is 18.2 Å². The highest BCUT2D eigenvalue weighted by molar-refractivity contribution is 9.10. The Hall–Kier alpha value is -0.920. The van der Waals surface area contributed by atoms with Crippen molar-refractivity contribution in [2.75, 3.05) is 4.72 Å². The first-order valence-electron chi connectivity index (χ1n) is 5.95. The summed E-state index contributed by atoms with van der Waals surface area (Å²) in [6.07, 6.45) is 0. The van der Waals surface area contributed by atoms with E-state index in [9.17, 15) is 12.8 Å². The summed E-state index contributed by atoms with van der Waals surface area (Å²) in [5, 5.41) is 0. The minimum absolute atomic E-state index is 0.156. The average molecular weight is 437 g/mol. The van der Waals surface area contributed by atoms with Gasteiger partial charge >= 0.3 is 0 Å². The minimum Gasteiger partial charge on any atom is -0.279 e. The molecule has 1 N–H and O–H groups in total. The molecule has 0 aliphatic rings. The van der Waals surface area contributed by atoms with Crippen LogP contribution in [0.2, 0.25) is 0 Å². The van der Waals surface area contributed by atoms with Gasteiger partial charge in [-0.05, 0) is 71.2 Å². The van der Waals surface area contributed by atoms with Crippen LogP contribution in [-0.2, 0) is 10.0 Å². The van der Waals surface area contributed by atoms with Gasteiger partial charge < -0.3 is 0 Å². The molecule has 0 aliphatic heterocycles. The van der Waals surface area contributed by atoms with Crippen LogP contribution in [0.1, 0.15) is 11.1 Å². The zero-order chi connectivity index (χ0) is 15.8. The second-order valence-corrected chi connectivity index (χ2v) is 7.99. The predicted molar refractivity (Wildman–Crippen MR) is 88.5 cm³/mol. The molecule has 0 amide bonds. The van der Waals surface area contributed by atoms with Gasteiger partial charge in [0.05, 0.1) is 15.1 Å². The van der Waals surface area contributed by atoms with Gasteiger partial charge in [0.2, 0.25) is 0 Å². The maximum Gasteiger partial charge on any atom is 0.261 e. The van der Waals surface area contributed by atoms with Gasteiger partial charge in [-0.25, -0.2) is 12.8 Å². The lowest BCUT2D eigenvalue weighted by Crippen LogP contribution is -2.14. The topological polar surface area (TPSA) is 46.2 Å². The van der Waals surface area contributed by atoms with Crippen LogP contribution in [-0.4, -0.2) is 8.42 Å². The summed E-state index contributed by atoms with van der Waals surface area (Å²) in [5.41, 5.74) is 1.66. The highest BCUT2D eigenvalue weighted by Crippen LogP contribution is 2.27. The lowest BCUT2D eigenvalue weighted by atomic mass is 10.2. The van der Waals surface area contributed by atoms with E-state index >= 15 is 0 Å². The quantitative estimate of drug-likeness (QED) is 0.753. The first kappa shape index (κ1) is 16.5. The van der Waals surface area contributed by atoms with Crippen molar-refractivity contribution in [2.45, 2.75) is 18.7 Å². The average Bonchev–Trinajstić information content (AvgIpc) is 2.39. The molecule has 0 heterocycles. The lowest BCUT2D eigenvalue weighted by Gasteiger charge is -2.12. The van der Waals surface area contributed by atoms with Crippen molar-refractivity contribution >= 4 is 47.6 Å². The molecule has 0 aliphatic carbocycles. The fraction of sp³-hybridized carbons (Fsp3) is 0.143. The van der Waals surface area contributed by atoms with E-state index in [4.69, 9.17) is 0 Å². The van der Waals surface area contributed by atoms with Crippen molar-refractivity contribution in [3.05, 3.63) is 56.2 Å². The van der Waals surface area contributed by atoms with E-state index in [0.717, 1.165) is 10.0 Å².